The van der Waals surface area contributed by atoms with E-state index in [1.54, 1.807) is 55.4 Å². The average Bonchev–Trinajstić information content (AvgIpc) is 3.72. The van der Waals surface area contributed by atoms with E-state index in [9.17, 15) is 19.2 Å². The number of carbonyl (C=O) groups is 4. The molecule has 226 valence electrons. The van der Waals surface area contributed by atoms with Crippen LogP contribution in [0.2, 0.25) is 0 Å². The van der Waals surface area contributed by atoms with Gasteiger partial charge in [0.05, 0.1) is 54.3 Å². The van der Waals surface area contributed by atoms with Crippen LogP contribution in [0.4, 0.5) is 0 Å². The molecule has 6 aromatic rings. The molecule has 0 amide bonds. The number of nitrogens with zero attached hydrogens (tertiary/aromatic N) is 4. The first-order valence-corrected chi connectivity index (χ1v) is 14.1. The van der Waals surface area contributed by atoms with Gasteiger partial charge in [-0.05, 0) is 59.7 Å². The summed E-state index contributed by atoms with van der Waals surface area (Å²) >= 11 is 0. The number of ether oxygens (including phenoxy) is 1. The number of Topliss-reactive ketones (excluding diaryl/α,β-unsaturated/α-hetero) is 2. The summed E-state index contributed by atoms with van der Waals surface area (Å²) in [5, 5.41) is 8.98. The first kappa shape index (κ1) is 30.6. The highest BCUT2D eigenvalue weighted by molar-refractivity contribution is 5.90. The number of pyridine rings is 2. The Hall–Kier alpha value is -5.90. The second-order valence-corrected chi connectivity index (χ2v) is 10.4. The fraction of sp³-hybridized carbons (Fsp3) is 0.143. The summed E-state index contributed by atoms with van der Waals surface area (Å²) in [5.41, 5.74) is 5.83. The summed E-state index contributed by atoms with van der Waals surface area (Å²) in [6.07, 6.45) is 7.97. The van der Waals surface area contributed by atoms with Gasteiger partial charge in [0, 0.05) is 37.1 Å². The van der Waals surface area contributed by atoms with E-state index in [1.807, 2.05) is 51.3 Å². The number of hydrogen-bond donors (Lipinski definition) is 1. The number of methoxy groups -OCH3 is 1. The van der Waals surface area contributed by atoms with Crippen molar-refractivity contribution >= 4 is 34.5 Å². The van der Waals surface area contributed by atoms with Gasteiger partial charge >= 0.3 is 11.9 Å². The van der Waals surface area contributed by atoms with Crippen LogP contribution >= 0.6 is 0 Å². The Labute approximate surface area is 258 Å². The lowest BCUT2D eigenvalue weighted by Crippen LogP contribution is -2.10. The molecule has 0 unspecified atom stereocenters. The number of carbonyl (C=O) groups excluding carboxylic acids is 3. The van der Waals surface area contributed by atoms with Gasteiger partial charge < -0.3 is 18.6 Å². The molecule has 0 saturated carbocycles. The molecule has 0 bridgehead atoms. The zero-order valence-electron chi connectivity index (χ0n) is 24.5. The molecule has 10 nitrogen and oxygen atoms in total. The number of esters is 1. The molecule has 0 fully saturated rings. The molecule has 0 aliphatic rings. The topological polar surface area (TPSA) is 132 Å². The second kappa shape index (κ2) is 14.0. The van der Waals surface area contributed by atoms with Crippen molar-refractivity contribution in [1.82, 2.24) is 18.8 Å². The van der Waals surface area contributed by atoms with Crippen molar-refractivity contribution in [2.24, 2.45) is 0 Å². The Balaban J connectivity index is 0.000000178. The maximum absolute atomic E-state index is 12.3. The summed E-state index contributed by atoms with van der Waals surface area (Å²) < 4.78 is 8.48. The second-order valence-electron chi connectivity index (χ2n) is 10.4. The summed E-state index contributed by atoms with van der Waals surface area (Å²) in [6.45, 7) is 0. The fourth-order valence-electron chi connectivity index (χ4n) is 5.03. The highest BCUT2D eigenvalue weighted by atomic mass is 16.5. The van der Waals surface area contributed by atoms with Gasteiger partial charge in [0.1, 0.15) is 11.6 Å². The van der Waals surface area contributed by atoms with Crippen molar-refractivity contribution < 1.29 is 29.0 Å². The van der Waals surface area contributed by atoms with Crippen LogP contribution in [0.25, 0.3) is 11.0 Å². The third kappa shape index (κ3) is 7.74. The number of hydrogen-bond acceptors (Lipinski definition) is 7. The molecule has 10 heteroatoms. The largest absolute Gasteiger partial charge is 0.478 e. The van der Waals surface area contributed by atoms with E-state index in [0.717, 1.165) is 28.0 Å². The van der Waals surface area contributed by atoms with E-state index in [4.69, 9.17) is 9.84 Å². The number of aromatic nitrogens is 4. The van der Waals surface area contributed by atoms with Crippen LogP contribution in [0, 0.1) is 0 Å². The summed E-state index contributed by atoms with van der Waals surface area (Å²) in [4.78, 5) is 55.3. The molecular weight excluding hydrogens is 572 g/mol. The fourth-order valence-corrected chi connectivity index (χ4v) is 5.03. The van der Waals surface area contributed by atoms with E-state index < -0.39 is 11.9 Å². The van der Waals surface area contributed by atoms with Crippen molar-refractivity contribution in [3.63, 3.8) is 0 Å². The summed E-state index contributed by atoms with van der Waals surface area (Å²) in [5.74, 6) is -1.28. The lowest BCUT2D eigenvalue weighted by atomic mass is 10.0. The van der Waals surface area contributed by atoms with Gasteiger partial charge in [-0.25, -0.2) is 19.6 Å². The molecule has 2 aromatic carbocycles. The minimum absolute atomic E-state index is 0.0312. The van der Waals surface area contributed by atoms with Crippen molar-refractivity contribution in [2.75, 3.05) is 7.11 Å². The molecule has 45 heavy (non-hydrogen) atoms. The Morgan fingerprint density at radius 2 is 1.11 bits per heavy atom. The maximum atomic E-state index is 12.3. The van der Waals surface area contributed by atoms with Crippen molar-refractivity contribution in [3.8, 4) is 0 Å². The highest BCUT2D eigenvalue weighted by Gasteiger charge is 2.12. The molecule has 0 atom stereocenters. The monoisotopic (exact) mass is 602 g/mol. The lowest BCUT2D eigenvalue weighted by molar-refractivity contribution is -0.118. The van der Waals surface area contributed by atoms with Crippen LogP contribution in [0.1, 0.15) is 43.2 Å². The average molecular weight is 603 g/mol. The van der Waals surface area contributed by atoms with Crippen molar-refractivity contribution in [2.45, 2.75) is 25.7 Å². The van der Waals surface area contributed by atoms with Crippen LogP contribution in [0.15, 0.2) is 110 Å². The Morgan fingerprint density at radius 1 is 0.644 bits per heavy atom. The van der Waals surface area contributed by atoms with Crippen LogP contribution in [-0.4, -0.2) is 54.5 Å². The van der Waals surface area contributed by atoms with E-state index in [-0.39, 0.29) is 36.4 Å². The highest BCUT2D eigenvalue weighted by Crippen LogP contribution is 2.13. The molecule has 0 saturated heterocycles. The van der Waals surface area contributed by atoms with E-state index in [1.165, 1.54) is 19.2 Å². The predicted octanol–water partition coefficient (Wildman–Crippen LogP) is 4.86. The number of carboxylic acid groups (broad SMARTS) is 1. The molecule has 1 N–H and O–H groups in total. The van der Waals surface area contributed by atoms with Crippen molar-refractivity contribution in [1.29, 1.82) is 0 Å². The van der Waals surface area contributed by atoms with Crippen molar-refractivity contribution in [3.05, 3.63) is 144 Å². The van der Waals surface area contributed by atoms with Gasteiger partial charge in [-0.15, -0.1) is 0 Å². The first-order chi connectivity index (χ1) is 21.8. The molecular formula is C35H30N4O6. The third-order valence-electron chi connectivity index (χ3n) is 7.15. The van der Waals surface area contributed by atoms with E-state index in [2.05, 4.69) is 9.97 Å². The molecule has 4 aromatic heterocycles. The predicted molar refractivity (Wildman–Crippen MR) is 166 cm³/mol. The van der Waals surface area contributed by atoms with Crippen LogP contribution in [-0.2, 0) is 40.0 Å². The number of fused-ring (bicyclic) bond motifs is 2. The van der Waals surface area contributed by atoms with Gasteiger partial charge in [0.15, 0.2) is 0 Å². The smallest absolute Gasteiger partial charge is 0.337 e. The third-order valence-corrected chi connectivity index (χ3v) is 7.15. The minimum atomic E-state index is -0.988. The zero-order chi connectivity index (χ0) is 31.8. The van der Waals surface area contributed by atoms with Crippen LogP contribution in [0.5, 0.6) is 0 Å². The maximum Gasteiger partial charge on any atom is 0.337 e. The minimum Gasteiger partial charge on any atom is -0.478 e. The van der Waals surface area contributed by atoms with Gasteiger partial charge in [-0.3, -0.25) is 9.59 Å². The van der Waals surface area contributed by atoms with Crippen LogP contribution < -0.4 is 0 Å². The number of carboxylic acids is 1. The van der Waals surface area contributed by atoms with Gasteiger partial charge in [-0.1, -0.05) is 36.4 Å². The number of aromatic carboxylic acids is 1. The van der Waals surface area contributed by atoms with Gasteiger partial charge in [-0.2, -0.15) is 0 Å². The Bertz CT molecular complexity index is 2010. The number of imidazole rings is 2. The number of benzene rings is 2. The normalized spacial score (nSPS) is 10.7. The number of ketones is 2. The van der Waals surface area contributed by atoms with E-state index >= 15 is 0 Å². The van der Waals surface area contributed by atoms with Gasteiger partial charge in [0.2, 0.25) is 0 Å². The van der Waals surface area contributed by atoms with E-state index in [0.29, 0.717) is 17.5 Å². The summed E-state index contributed by atoms with van der Waals surface area (Å²) in [6, 6.07) is 24.9. The standard InChI is InChI=1S/C18H16N2O3.C17H14N2O3/c1-23-18(22)14-5-2-4-13(8-14)9-17(21)10-15-6-3-7-16-11-19-12-20(15)16;20-16(8-12-3-1-4-13(7-12)17(21)22)9-14-5-2-6-15-10-18-11-19(14)15/h2-8,11-12H,9-10H2,1H3;1-7,10-11H,8-9H2,(H,21,22). The molecule has 0 radical (unpaired) electrons. The number of rotatable bonds is 10. The lowest BCUT2D eigenvalue weighted by Gasteiger charge is -2.06. The van der Waals surface area contributed by atoms with Gasteiger partial charge in [0.25, 0.3) is 0 Å². The molecule has 6 rings (SSSR count). The molecule has 0 spiro atoms. The molecule has 4 heterocycles. The molecule has 0 aliphatic heterocycles. The SMILES string of the molecule is COC(=O)c1cccc(CC(=O)Cc2cccc3cncn23)c1.O=C(Cc1cccc(C(=O)O)c1)Cc1cccc2cncn12. The van der Waals surface area contributed by atoms with Crippen LogP contribution in [0.3, 0.4) is 0 Å². The Kier molecular flexibility index (Phi) is 9.54. The zero-order valence-corrected chi connectivity index (χ0v) is 24.5. The summed E-state index contributed by atoms with van der Waals surface area (Å²) in [7, 11) is 1.34. The Morgan fingerprint density at radius 3 is 1.60 bits per heavy atom. The molecule has 0 aliphatic carbocycles. The quantitative estimate of drug-likeness (QED) is 0.220. The first-order valence-electron chi connectivity index (χ1n) is 14.1.